The van der Waals surface area contributed by atoms with Gasteiger partial charge in [0.15, 0.2) is 0 Å². The SMILES string of the molecule is O=C(CCc1nc(-c2ccncc2)cs1)N1CCc2ccccc2C1. The number of hydrogen-bond donors (Lipinski definition) is 0. The summed E-state index contributed by atoms with van der Waals surface area (Å²) in [6, 6.07) is 12.3. The minimum absolute atomic E-state index is 0.218. The Bertz CT molecular complexity index is 875. The summed E-state index contributed by atoms with van der Waals surface area (Å²) >= 11 is 1.62. The molecular weight excluding hydrogens is 330 g/mol. The number of amides is 1. The summed E-state index contributed by atoms with van der Waals surface area (Å²) in [6.07, 6.45) is 5.71. The van der Waals surface area contributed by atoms with Crippen LogP contribution in [0.4, 0.5) is 0 Å². The second-order valence-corrected chi connectivity index (χ2v) is 7.14. The zero-order valence-corrected chi connectivity index (χ0v) is 14.7. The molecule has 126 valence electrons. The second-order valence-electron chi connectivity index (χ2n) is 6.20. The molecule has 0 saturated heterocycles. The molecule has 0 N–H and O–H groups in total. The molecule has 3 aromatic rings. The van der Waals surface area contributed by atoms with Crippen molar-refractivity contribution in [3.63, 3.8) is 0 Å². The van der Waals surface area contributed by atoms with Crippen molar-refractivity contribution in [2.24, 2.45) is 0 Å². The van der Waals surface area contributed by atoms with Gasteiger partial charge >= 0.3 is 0 Å². The maximum absolute atomic E-state index is 12.6. The van der Waals surface area contributed by atoms with Gasteiger partial charge in [0.25, 0.3) is 0 Å². The normalized spacial score (nSPS) is 13.5. The topological polar surface area (TPSA) is 46.1 Å². The van der Waals surface area contributed by atoms with Crippen LogP contribution in [0.25, 0.3) is 11.3 Å². The van der Waals surface area contributed by atoms with Crippen molar-refractivity contribution in [1.82, 2.24) is 14.9 Å². The Labute approximate surface area is 151 Å². The molecule has 25 heavy (non-hydrogen) atoms. The van der Waals surface area contributed by atoms with Crippen LogP contribution < -0.4 is 0 Å². The van der Waals surface area contributed by atoms with Gasteiger partial charge in [-0.3, -0.25) is 9.78 Å². The second kappa shape index (κ2) is 7.15. The zero-order chi connectivity index (χ0) is 17.1. The van der Waals surface area contributed by atoms with Crippen LogP contribution in [0, 0.1) is 0 Å². The molecule has 0 radical (unpaired) electrons. The smallest absolute Gasteiger partial charge is 0.223 e. The number of carbonyl (C=O) groups is 1. The summed E-state index contributed by atoms with van der Waals surface area (Å²) < 4.78 is 0. The number of fused-ring (bicyclic) bond motifs is 1. The molecule has 5 heteroatoms. The highest BCUT2D eigenvalue weighted by Gasteiger charge is 2.20. The number of carbonyl (C=O) groups excluding carboxylic acids is 1. The summed E-state index contributed by atoms with van der Waals surface area (Å²) in [7, 11) is 0. The number of benzene rings is 1. The lowest BCUT2D eigenvalue weighted by Crippen LogP contribution is -2.36. The zero-order valence-electron chi connectivity index (χ0n) is 13.9. The van der Waals surface area contributed by atoms with Gasteiger partial charge in [0.05, 0.1) is 10.7 Å². The Balaban J connectivity index is 1.36. The number of pyridine rings is 1. The van der Waals surface area contributed by atoms with Crippen molar-refractivity contribution < 1.29 is 4.79 Å². The highest BCUT2D eigenvalue weighted by atomic mass is 32.1. The first-order valence-corrected chi connectivity index (χ1v) is 9.37. The number of aromatic nitrogens is 2. The van der Waals surface area contributed by atoms with Gasteiger partial charge in [-0.05, 0) is 29.7 Å². The van der Waals surface area contributed by atoms with Crippen LogP contribution in [-0.4, -0.2) is 27.3 Å². The third kappa shape index (κ3) is 3.61. The van der Waals surface area contributed by atoms with Crippen LogP contribution >= 0.6 is 11.3 Å². The van der Waals surface area contributed by atoms with E-state index in [1.807, 2.05) is 28.5 Å². The summed E-state index contributed by atoms with van der Waals surface area (Å²) in [6.45, 7) is 1.55. The van der Waals surface area contributed by atoms with E-state index in [9.17, 15) is 4.79 Å². The summed E-state index contributed by atoms with van der Waals surface area (Å²) in [5.74, 6) is 0.218. The predicted molar refractivity (Wildman–Crippen MR) is 99.2 cm³/mol. The van der Waals surface area contributed by atoms with Gasteiger partial charge in [0, 0.05) is 49.3 Å². The van der Waals surface area contributed by atoms with Crippen LogP contribution in [-0.2, 0) is 24.2 Å². The van der Waals surface area contributed by atoms with E-state index in [1.54, 1.807) is 23.7 Å². The van der Waals surface area contributed by atoms with Crippen LogP contribution in [0.1, 0.15) is 22.6 Å². The number of aryl methyl sites for hydroxylation is 1. The fourth-order valence-corrected chi connectivity index (χ4v) is 3.97. The molecule has 0 spiro atoms. The molecule has 1 aliphatic rings. The largest absolute Gasteiger partial charge is 0.338 e. The highest BCUT2D eigenvalue weighted by Crippen LogP contribution is 2.23. The van der Waals surface area contributed by atoms with Gasteiger partial charge in [0.1, 0.15) is 0 Å². The first-order chi connectivity index (χ1) is 12.3. The summed E-state index contributed by atoms with van der Waals surface area (Å²) in [5, 5.41) is 3.06. The molecule has 3 heterocycles. The molecule has 1 aromatic carbocycles. The van der Waals surface area contributed by atoms with E-state index in [4.69, 9.17) is 0 Å². The average molecular weight is 349 g/mol. The lowest BCUT2D eigenvalue weighted by Gasteiger charge is -2.28. The molecule has 0 fully saturated rings. The molecule has 0 unspecified atom stereocenters. The van der Waals surface area contributed by atoms with E-state index in [2.05, 4.69) is 28.2 Å². The predicted octanol–water partition coefficient (Wildman–Crippen LogP) is 3.72. The van der Waals surface area contributed by atoms with Crippen molar-refractivity contribution in [3.05, 3.63) is 70.3 Å². The molecule has 4 nitrogen and oxygen atoms in total. The van der Waals surface area contributed by atoms with E-state index in [1.165, 1.54) is 11.1 Å². The maximum Gasteiger partial charge on any atom is 0.223 e. The number of hydrogen-bond acceptors (Lipinski definition) is 4. The molecule has 0 atom stereocenters. The van der Waals surface area contributed by atoms with Crippen LogP contribution in [0.5, 0.6) is 0 Å². The van der Waals surface area contributed by atoms with Gasteiger partial charge in [-0.25, -0.2) is 4.98 Å². The molecular formula is C20H19N3OS. The van der Waals surface area contributed by atoms with Gasteiger partial charge in [-0.1, -0.05) is 24.3 Å². The molecule has 0 bridgehead atoms. The molecule has 1 amide bonds. The first-order valence-electron chi connectivity index (χ1n) is 8.49. The number of thiazole rings is 1. The molecule has 2 aromatic heterocycles. The van der Waals surface area contributed by atoms with E-state index in [0.29, 0.717) is 12.8 Å². The Hall–Kier alpha value is -2.53. The maximum atomic E-state index is 12.6. The lowest BCUT2D eigenvalue weighted by atomic mass is 9.99. The minimum Gasteiger partial charge on any atom is -0.338 e. The number of nitrogens with zero attached hydrogens (tertiary/aromatic N) is 3. The van der Waals surface area contributed by atoms with E-state index < -0.39 is 0 Å². The fourth-order valence-electron chi connectivity index (χ4n) is 3.16. The Morgan fingerprint density at radius 1 is 1.12 bits per heavy atom. The van der Waals surface area contributed by atoms with Gasteiger partial charge in [-0.2, -0.15) is 0 Å². The third-order valence-electron chi connectivity index (χ3n) is 4.56. The van der Waals surface area contributed by atoms with Crippen molar-refractivity contribution in [2.75, 3.05) is 6.54 Å². The minimum atomic E-state index is 0.218. The summed E-state index contributed by atoms with van der Waals surface area (Å²) in [4.78, 5) is 23.2. The van der Waals surface area contributed by atoms with E-state index in [0.717, 1.165) is 35.8 Å². The van der Waals surface area contributed by atoms with Crippen LogP contribution in [0.2, 0.25) is 0 Å². The van der Waals surface area contributed by atoms with Crippen molar-refractivity contribution in [2.45, 2.75) is 25.8 Å². The molecule has 0 aliphatic carbocycles. The Kier molecular flexibility index (Phi) is 4.57. The van der Waals surface area contributed by atoms with Crippen LogP contribution in [0.15, 0.2) is 54.2 Å². The van der Waals surface area contributed by atoms with Gasteiger partial charge in [0.2, 0.25) is 5.91 Å². The highest BCUT2D eigenvalue weighted by molar-refractivity contribution is 7.09. The van der Waals surface area contributed by atoms with E-state index >= 15 is 0 Å². The Morgan fingerprint density at radius 2 is 1.92 bits per heavy atom. The third-order valence-corrected chi connectivity index (χ3v) is 5.47. The monoisotopic (exact) mass is 349 g/mol. The van der Waals surface area contributed by atoms with Gasteiger partial charge < -0.3 is 4.90 Å². The van der Waals surface area contributed by atoms with Gasteiger partial charge in [-0.15, -0.1) is 11.3 Å². The molecule has 0 saturated carbocycles. The van der Waals surface area contributed by atoms with Crippen molar-refractivity contribution in [3.8, 4) is 11.3 Å². The van der Waals surface area contributed by atoms with Crippen molar-refractivity contribution >= 4 is 17.2 Å². The first kappa shape index (κ1) is 16.0. The molecule has 4 rings (SSSR count). The number of rotatable bonds is 4. The molecule has 1 aliphatic heterocycles. The average Bonchev–Trinajstić information content (AvgIpc) is 3.15. The quantitative estimate of drug-likeness (QED) is 0.721. The van der Waals surface area contributed by atoms with E-state index in [-0.39, 0.29) is 5.91 Å². The standard InChI is InChI=1S/C20H19N3OS/c24-20(23-12-9-15-3-1-2-4-17(15)13-23)6-5-19-22-18(14-25-19)16-7-10-21-11-8-16/h1-4,7-8,10-11,14H,5-6,9,12-13H2. The lowest BCUT2D eigenvalue weighted by molar-refractivity contribution is -0.132. The van der Waals surface area contributed by atoms with Crippen molar-refractivity contribution in [1.29, 1.82) is 0 Å². The van der Waals surface area contributed by atoms with Crippen LogP contribution in [0.3, 0.4) is 0 Å². The fraction of sp³-hybridized carbons (Fsp3) is 0.250. The Morgan fingerprint density at radius 3 is 2.76 bits per heavy atom. The summed E-state index contributed by atoms with van der Waals surface area (Å²) in [5.41, 5.74) is 4.67.